The highest BCUT2D eigenvalue weighted by atomic mass is 16.1. The molecule has 1 aromatic carbocycles. The number of H-pyrrole nitrogens is 1. The third kappa shape index (κ3) is 3.00. The highest BCUT2D eigenvalue weighted by Crippen LogP contribution is 2.49. The number of anilines is 1. The summed E-state index contributed by atoms with van der Waals surface area (Å²) in [6.45, 7) is 3.65. The van der Waals surface area contributed by atoms with E-state index in [-0.39, 0.29) is 11.5 Å². The molecule has 27 heavy (non-hydrogen) atoms. The van der Waals surface area contributed by atoms with Gasteiger partial charge in [0.15, 0.2) is 0 Å². The van der Waals surface area contributed by atoms with E-state index in [0.717, 1.165) is 54.9 Å². The number of hydrogen-bond donors (Lipinski definition) is 1. The van der Waals surface area contributed by atoms with Gasteiger partial charge in [-0.15, -0.1) is 0 Å². The van der Waals surface area contributed by atoms with Gasteiger partial charge in [0.2, 0.25) is 0 Å². The lowest BCUT2D eigenvalue weighted by atomic mass is 10.0. The van der Waals surface area contributed by atoms with E-state index in [2.05, 4.69) is 36.9 Å². The van der Waals surface area contributed by atoms with Gasteiger partial charge in [-0.2, -0.15) is 0 Å². The largest absolute Gasteiger partial charge is 0.354 e. The third-order valence-corrected chi connectivity index (χ3v) is 5.97. The first-order valence-electron chi connectivity index (χ1n) is 9.55. The van der Waals surface area contributed by atoms with Crippen molar-refractivity contribution in [2.45, 2.75) is 18.9 Å². The van der Waals surface area contributed by atoms with Gasteiger partial charge in [0.05, 0.1) is 11.4 Å². The number of rotatable bonds is 4. The first-order chi connectivity index (χ1) is 13.3. The molecule has 2 fully saturated rings. The number of nitrogens with zero attached hydrogens (tertiary/aromatic N) is 4. The van der Waals surface area contributed by atoms with Crippen LogP contribution in [0.25, 0.3) is 11.0 Å². The fourth-order valence-electron chi connectivity index (χ4n) is 4.34. The number of hydrogen-bond acceptors (Lipinski definition) is 5. The summed E-state index contributed by atoms with van der Waals surface area (Å²) in [6.07, 6.45) is 7.06. The van der Waals surface area contributed by atoms with E-state index in [0.29, 0.717) is 0 Å². The van der Waals surface area contributed by atoms with Crippen LogP contribution >= 0.6 is 0 Å². The average Bonchev–Trinajstić information content (AvgIpc) is 3.34. The van der Waals surface area contributed by atoms with Gasteiger partial charge in [0.25, 0.3) is 0 Å². The molecule has 2 aliphatic rings. The Kier molecular flexibility index (Phi) is 3.93. The zero-order valence-corrected chi connectivity index (χ0v) is 15.2. The SMILES string of the molecule is O=CC(c1ccccc1)N1CCN(c2ncnc3[nH]ccc23)CC2(CC2)C1. The smallest absolute Gasteiger partial charge is 0.142 e. The van der Waals surface area contributed by atoms with Gasteiger partial charge in [-0.25, -0.2) is 9.97 Å². The monoisotopic (exact) mass is 361 g/mol. The number of nitrogens with one attached hydrogen (secondary N) is 1. The van der Waals surface area contributed by atoms with Gasteiger partial charge in [0, 0.05) is 37.8 Å². The summed E-state index contributed by atoms with van der Waals surface area (Å²) in [5.41, 5.74) is 2.22. The summed E-state index contributed by atoms with van der Waals surface area (Å²) in [5, 5.41) is 1.07. The number of carbonyl (C=O) groups excluding carboxylic acids is 1. The molecule has 0 amide bonds. The molecule has 2 aromatic heterocycles. The Morgan fingerprint density at radius 3 is 2.70 bits per heavy atom. The van der Waals surface area contributed by atoms with E-state index in [4.69, 9.17) is 0 Å². The molecule has 138 valence electrons. The van der Waals surface area contributed by atoms with Crippen LogP contribution in [0.15, 0.2) is 48.9 Å². The molecule has 1 saturated heterocycles. The summed E-state index contributed by atoms with van der Waals surface area (Å²) in [5.74, 6) is 0.997. The van der Waals surface area contributed by atoms with Gasteiger partial charge >= 0.3 is 0 Å². The molecule has 1 unspecified atom stereocenters. The fraction of sp³-hybridized carbons (Fsp3) is 0.381. The number of aldehydes is 1. The van der Waals surface area contributed by atoms with Gasteiger partial charge in [-0.1, -0.05) is 30.3 Å². The first-order valence-corrected chi connectivity index (χ1v) is 9.55. The van der Waals surface area contributed by atoms with Crippen LogP contribution in [-0.4, -0.2) is 52.3 Å². The van der Waals surface area contributed by atoms with Crippen LogP contribution in [0.2, 0.25) is 0 Å². The summed E-state index contributed by atoms with van der Waals surface area (Å²) >= 11 is 0. The van der Waals surface area contributed by atoms with Crippen LogP contribution < -0.4 is 4.90 Å². The quantitative estimate of drug-likeness (QED) is 0.724. The average molecular weight is 361 g/mol. The Hall–Kier alpha value is -2.73. The van der Waals surface area contributed by atoms with Gasteiger partial charge in [-0.3, -0.25) is 4.90 Å². The molecule has 1 aliphatic carbocycles. The maximum atomic E-state index is 12.0. The Balaban J connectivity index is 1.45. The molecular formula is C21H23N5O. The molecule has 5 rings (SSSR count). The molecular weight excluding hydrogens is 338 g/mol. The second-order valence-electron chi connectivity index (χ2n) is 7.82. The van der Waals surface area contributed by atoms with Gasteiger partial charge < -0.3 is 14.7 Å². The Morgan fingerprint density at radius 1 is 1.07 bits per heavy atom. The Morgan fingerprint density at radius 2 is 1.93 bits per heavy atom. The highest BCUT2D eigenvalue weighted by Gasteiger charge is 2.48. The topological polar surface area (TPSA) is 65.1 Å². The highest BCUT2D eigenvalue weighted by molar-refractivity contribution is 5.87. The van der Waals surface area contributed by atoms with E-state index in [1.807, 2.05) is 30.5 Å². The fourth-order valence-corrected chi connectivity index (χ4v) is 4.34. The summed E-state index contributed by atoms with van der Waals surface area (Å²) in [6, 6.07) is 12.0. The predicted octanol–water partition coefficient (Wildman–Crippen LogP) is 2.80. The summed E-state index contributed by atoms with van der Waals surface area (Å²) in [7, 11) is 0. The normalized spacial score (nSPS) is 20.5. The lowest BCUT2D eigenvalue weighted by Gasteiger charge is -2.29. The van der Waals surface area contributed by atoms with Crippen LogP contribution in [0.5, 0.6) is 0 Å². The molecule has 6 heteroatoms. The first kappa shape index (κ1) is 16.4. The molecule has 1 N–H and O–H groups in total. The Bertz CT molecular complexity index is 949. The molecule has 3 aromatic rings. The van der Waals surface area contributed by atoms with Gasteiger partial charge in [-0.05, 0) is 24.5 Å². The molecule has 6 nitrogen and oxygen atoms in total. The molecule has 1 spiro atoms. The number of aromatic nitrogens is 3. The second-order valence-corrected chi connectivity index (χ2v) is 7.82. The maximum absolute atomic E-state index is 12.0. The number of carbonyl (C=O) groups is 1. The van der Waals surface area contributed by atoms with Crippen molar-refractivity contribution in [3.05, 3.63) is 54.5 Å². The minimum absolute atomic E-state index is 0.179. The standard InChI is InChI=1S/C21H23N5O/c27-12-18(16-4-2-1-3-5-16)25-10-11-26(14-21(13-25)7-8-21)20-17-6-9-22-19(17)23-15-24-20/h1-6,9,12,15,18H,7-8,10-11,13-14H2,(H,22,23,24). The van der Waals surface area contributed by atoms with Crippen molar-refractivity contribution in [3.63, 3.8) is 0 Å². The zero-order valence-electron chi connectivity index (χ0n) is 15.2. The molecule has 3 heterocycles. The minimum atomic E-state index is -0.179. The van der Waals surface area contributed by atoms with Crippen molar-refractivity contribution in [3.8, 4) is 0 Å². The van der Waals surface area contributed by atoms with Crippen molar-refractivity contribution in [2.75, 3.05) is 31.1 Å². The van der Waals surface area contributed by atoms with Crippen LogP contribution in [0, 0.1) is 5.41 Å². The zero-order chi connectivity index (χ0) is 18.3. The van der Waals surface area contributed by atoms with E-state index in [1.54, 1.807) is 6.33 Å². The number of aromatic amines is 1. The van der Waals surface area contributed by atoms with Crippen molar-refractivity contribution < 1.29 is 4.79 Å². The van der Waals surface area contributed by atoms with E-state index < -0.39 is 0 Å². The summed E-state index contributed by atoms with van der Waals surface area (Å²) < 4.78 is 0. The molecule has 1 atom stereocenters. The summed E-state index contributed by atoms with van der Waals surface area (Å²) in [4.78, 5) is 28.8. The molecule has 1 saturated carbocycles. The number of benzene rings is 1. The Labute approximate surface area is 158 Å². The van der Waals surface area contributed by atoms with E-state index in [9.17, 15) is 4.79 Å². The molecule has 0 radical (unpaired) electrons. The van der Waals surface area contributed by atoms with E-state index >= 15 is 0 Å². The molecule has 1 aliphatic heterocycles. The third-order valence-electron chi connectivity index (χ3n) is 5.97. The van der Waals surface area contributed by atoms with Crippen molar-refractivity contribution in [1.82, 2.24) is 19.9 Å². The lowest BCUT2D eigenvalue weighted by Crippen LogP contribution is -2.35. The van der Waals surface area contributed by atoms with Crippen molar-refractivity contribution >= 4 is 23.1 Å². The second kappa shape index (κ2) is 6.46. The lowest BCUT2D eigenvalue weighted by molar-refractivity contribution is -0.112. The van der Waals surface area contributed by atoms with Crippen LogP contribution in [-0.2, 0) is 4.79 Å². The predicted molar refractivity (Wildman–Crippen MR) is 105 cm³/mol. The minimum Gasteiger partial charge on any atom is -0.354 e. The van der Waals surface area contributed by atoms with Crippen LogP contribution in [0.3, 0.4) is 0 Å². The van der Waals surface area contributed by atoms with Crippen LogP contribution in [0.1, 0.15) is 24.4 Å². The number of fused-ring (bicyclic) bond motifs is 1. The van der Waals surface area contributed by atoms with Crippen molar-refractivity contribution in [1.29, 1.82) is 0 Å². The van der Waals surface area contributed by atoms with E-state index in [1.165, 1.54) is 12.8 Å². The van der Waals surface area contributed by atoms with Crippen LogP contribution in [0.4, 0.5) is 5.82 Å². The van der Waals surface area contributed by atoms with Crippen molar-refractivity contribution in [2.24, 2.45) is 5.41 Å². The maximum Gasteiger partial charge on any atom is 0.142 e. The molecule has 0 bridgehead atoms. The van der Waals surface area contributed by atoms with Gasteiger partial charge in [0.1, 0.15) is 24.1 Å².